The van der Waals surface area contributed by atoms with Gasteiger partial charge in [0.25, 0.3) is 0 Å². The highest BCUT2D eigenvalue weighted by Gasteiger charge is 2.31. The van der Waals surface area contributed by atoms with E-state index in [0.29, 0.717) is 13.0 Å². The molecule has 5 heteroatoms. The highest BCUT2D eigenvalue weighted by molar-refractivity contribution is 5.81. The number of aliphatic carboxylic acids is 1. The Morgan fingerprint density at radius 2 is 2.33 bits per heavy atom. The maximum atomic E-state index is 11.4. The maximum Gasteiger partial charge on any atom is 0.414 e. The van der Waals surface area contributed by atoms with Gasteiger partial charge in [-0.2, -0.15) is 0 Å². The number of unbranched alkanes of at least 4 members (excludes halogenated alkanes) is 1. The van der Waals surface area contributed by atoms with E-state index in [4.69, 9.17) is 9.84 Å². The van der Waals surface area contributed by atoms with Crippen LogP contribution in [-0.2, 0) is 9.53 Å². The number of carboxylic acid groups (broad SMARTS) is 1. The lowest BCUT2D eigenvalue weighted by molar-refractivity contribution is -0.141. The molecule has 15 heavy (non-hydrogen) atoms. The largest absolute Gasteiger partial charge is 0.480 e. The summed E-state index contributed by atoms with van der Waals surface area (Å²) in [5.41, 5.74) is 0. The van der Waals surface area contributed by atoms with Crippen LogP contribution >= 0.6 is 0 Å². The second-order valence-corrected chi connectivity index (χ2v) is 3.35. The number of ether oxygens (including phenoxy) is 1. The van der Waals surface area contributed by atoms with Crippen molar-refractivity contribution in [3.05, 3.63) is 12.3 Å². The first-order valence-electron chi connectivity index (χ1n) is 5.01. The van der Waals surface area contributed by atoms with E-state index in [1.165, 1.54) is 6.20 Å². The van der Waals surface area contributed by atoms with E-state index < -0.39 is 18.1 Å². The molecule has 0 aromatic heterocycles. The fourth-order valence-corrected chi connectivity index (χ4v) is 1.31. The van der Waals surface area contributed by atoms with Gasteiger partial charge in [-0.3, -0.25) is 4.90 Å². The first kappa shape index (κ1) is 11.6. The monoisotopic (exact) mass is 213 g/mol. The Morgan fingerprint density at radius 1 is 1.60 bits per heavy atom. The van der Waals surface area contributed by atoms with Gasteiger partial charge >= 0.3 is 12.1 Å². The summed E-state index contributed by atoms with van der Waals surface area (Å²) in [5.74, 6) is -1.01. The average Bonchev–Trinajstić information content (AvgIpc) is 2.66. The Bertz CT molecular complexity index is 275. The number of carbonyl (C=O) groups excluding carboxylic acids is 1. The van der Waals surface area contributed by atoms with Gasteiger partial charge in [0, 0.05) is 6.20 Å². The summed E-state index contributed by atoms with van der Waals surface area (Å²) in [6.07, 6.45) is 4.61. The van der Waals surface area contributed by atoms with Crippen LogP contribution in [0.25, 0.3) is 0 Å². The van der Waals surface area contributed by atoms with Gasteiger partial charge in [-0.15, -0.1) is 0 Å². The lowest BCUT2D eigenvalue weighted by Gasteiger charge is -2.19. The van der Waals surface area contributed by atoms with E-state index in [1.807, 2.05) is 6.92 Å². The summed E-state index contributed by atoms with van der Waals surface area (Å²) >= 11 is 0. The average molecular weight is 213 g/mol. The topological polar surface area (TPSA) is 66.8 Å². The summed E-state index contributed by atoms with van der Waals surface area (Å²) in [4.78, 5) is 23.3. The molecule has 0 aromatic rings. The van der Waals surface area contributed by atoms with Gasteiger partial charge in [-0.05, 0) is 12.8 Å². The third-order valence-corrected chi connectivity index (χ3v) is 2.18. The molecule has 1 atom stereocenters. The number of amides is 1. The first-order chi connectivity index (χ1) is 7.16. The van der Waals surface area contributed by atoms with Crippen molar-refractivity contribution in [3.63, 3.8) is 0 Å². The highest BCUT2D eigenvalue weighted by Crippen LogP contribution is 2.15. The second-order valence-electron chi connectivity index (χ2n) is 3.35. The standard InChI is InChI=1S/C10H15NO4/c1-2-3-7-15-10(14)11-6-4-5-8(11)9(12)13/h4,6,8H,2-3,5,7H2,1H3,(H,12,13)/t8-/m0/s1. The molecule has 1 aliphatic rings. The fourth-order valence-electron chi connectivity index (χ4n) is 1.31. The molecule has 0 saturated heterocycles. The van der Waals surface area contributed by atoms with E-state index in [0.717, 1.165) is 17.7 Å². The Kier molecular flexibility index (Phi) is 4.15. The third kappa shape index (κ3) is 2.97. The molecule has 0 unspecified atom stereocenters. The molecule has 5 nitrogen and oxygen atoms in total. The zero-order valence-electron chi connectivity index (χ0n) is 8.68. The molecule has 0 bridgehead atoms. The molecule has 1 heterocycles. The van der Waals surface area contributed by atoms with E-state index in [-0.39, 0.29) is 0 Å². The number of hydrogen-bond donors (Lipinski definition) is 1. The van der Waals surface area contributed by atoms with Crippen LogP contribution in [0.1, 0.15) is 26.2 Å². The van der Waals surface area contributed by atoms with Crippen LogP contribution in [0.15, 0.2) is 12.3 Å². The zero-order chi connectivity index (χ0) is 11.3. The molecule has 0 aromatic carbocycles. The highest BCUT2D eigenvalue weighted by atomic mass is 16.6. The van der Waals surface area contributed by atoms with Gasteiger partial charge in [0.15, 0.2) is 0 Å². The number of nitrogens with zero attached hydrogens (tertiary/aromatic N) is 1. The Labute approximate surface area is 88.3 Å². The van der Waals surface area contributed by atoms with Gasteiger partial charge in [0.2, 0.25) is 0 Å². The zero-order valence-corrected chi connectivity index (χ0v) is 8.68. The van der Waals surface area contributed by atoms with Crippen molar-refractivity contribution in [1.82, 2.24) is 4.90 Å². The molecule has 1 rings (SSSR count). The molecule has 1 aliphatic heterocycles. The summed E-state index contributed by atoms with van der Waals surface area (Å²) < 4.78 is 4.92. The van der Waals surface area contributed by atoms with Crippen molar-refractivity contribution in [2.24, 2.45) is 0 Å². The number of rotatable bonds is 4. The molecule has 0 fully saturated rings. The predicted octanol–water partition coefficient (Wildman–Crippen LogP) is 1.60. The van der Waals surface area contributed by atoms with Crippen LogP contribution in [-0.4, -0.2) is 34.7 Å². The van der Waals surface area contributed by atoms with Gasteiger partial charge < -0.3 is 9.84 Å². The van der Waals surface area contributed by atoms with E-state index in [1.54, 1.807) is 6.08 Å². The lowest BCUT2D eigenvalue weighted by atomic mass is 10.2. The summed E-state index contributed by atoms with van der Waals surface area (Å²) in [7, 11) is 0. The summed E-state index contributed by atoms with van der Waals surface area (Å²) in [5, 5.41) is 8.81. The number of carbonyl (C=O) groups is 2. The predicted molar refractivity (Wildman–Crippen MR) is 53.3 cm³/mol. The smallest absolute Gasteiger partial charge is 0.414 e. The summed E-state index contributed by atoms with van der Waals surface area (Å²) in [6, 6.07) is -0.806. The quantitative estimate of drug-likeness (QED) is 0.720. The molecule has 0 spiro atoms. The third-order valence-electron chi connectivity index (χ3n) is 2.18. The van der Waals surface area contributed by atoms with Gasteiger partial charge in [0.1, 0.15) is 6.04 Å². The van der Waals surface area contributed by atoms with Crippen LogP contribution in [0.4, 0.5) is 4.79 Å². The van der Waals surface area contributed by atoms with Crippen LogP contribution in [0.5, 0.6) is 0 Å². The Morgan fingerprint density at radius 3 is 2.93 bits per heavy atom. The molecule has 1 amide bonds. The fraction of sp³-hybridized carbons (Fsp3) is 0.600. The van der Waals surface area contributed by atoms with Crippen molar-refractivity contribution in [1.29, 1.82) is 0 Å². The van der Waals surface area contributed by atoms with Crippen LogP contribution in [0, 0.1) is 0 Å². The molecular weight excluding hydrogens is 198 g/mol. The van der Waals surface area contributed by atoms with Crippen molar-refractivity contribution in [2.75, 3.05) is 6.61 Å². The second kappa shape index (κ2) is 5.38. The van der Waals surface area contributed by atoms with Crippen molar-refractivity contribution >= 4 is 12.1 Å². The van der Waals surface area contributed by atoms with Gasteiger partial charge in [0.05, 0.1) is 6.61 Å². The van der Waals surface area contributed by atoms with Crippen LogP contribution < -0.4 is 0 Å². The minimum Gasteiger partial charge on any atom is -0.480 e. The van der Waals surface area contributed by atoms with Crippen molar-refractivity contribution < 1.29 is 19.4 Å². The molecule has 84 valence electrons. The Balaban J connectivity index is 2.44. The SMILES string of the molecule is CCCCOC(=O)N1C=CC[C@H]1C(=O)O. The van der Waals surface area contributed by atoms with E-state index in [9.17, 15) is 9.59 Å². The van der Waals surface area contributed by atoms with Crippen LogP contribution in [0.3, 0.4) is 0 Å². The minimum absolute atomic E-state index is 0.339. The minimum atomic E-state index is -1.01. The molecule has 0 aliphatic carbocycles. The maximum absolute atomic E-state index is 11.4. The molecule has 0 saturated carbocycles. The van der Waals surface area contributed by atoms with Crippen molar-refractivity contribution in [3.8, 4) is 0 Å². The number of hydrogen-bond acceptors (Lipinski definition) is 3. The van der Waals surface area contributed by atoms with E-state index >= 15 is 0 Å². The normalized spacial score (nSPS) is 19.3. The molecule has 0 radical (unpaired) electrons. The number of carboxylic acids is 1. The Hall–Kier alpha value is -1.52. The summed E-state index contributed by atoms with van der Waals surface area (Å²) in [6.45, 7) is 2.33. The molecular formula is C10H15NO4. The van der Waals surface area contributed by atoms with Crippen molar-refractivity contribution in [2.45, 2.75) is 32.2 Å². The van der Waals surface area contributed by atoms with Crippen LogP contribution in [0.2, 0.25) is 0 Å². The van der Waals surface area contributed by atoms with E-state index in [2.05, 4.69) is 0 Å². The van der Waals surface area contributed by atoms with Gasteiger partial charge in [-0.25, -0.2) is 9.59 Å². The molecule has 1 N–H and O–H groups in total. The first-order valence-corrected chi connectivity index (χ1v) is 5.01. The van der Waals surface area contributed by atoms with Gasteiger partial charge in [-0.1, -0.05) is 19.4 Å². The lowest BCUT2D eigenvalue weighted by Crippen LogP contribution is -2.38.